The number of benzene rings is 1. The molecular formula is C14H16N4O3S2. The number of ether oxygens (including phenoxy) is 1. The lowest BCUT2D eigenvalue weighted by atomic mass is 10.2. The Morgan fingerprint density at radius 2 is 2.30 bits per heavy atom. The van der Waals surface area contributed by atoms with Gasteiger partial charge >= 0.3 is 0 Å². The maximum absolute atomic E-state index is 13.0. The molecule has 3 rings (SSSR count). The van der Waals surface area contributed by atoms with Crippen LogP contribution in [0.3, 0.4) is 0 Å². The smallest absolute Gasteiger partial charge is 0.245 e. The van der Waals surface area contributed by atoms with Gasteiger partial charge in [-0.25, -0.2) is 8.42 Å². The molecule has 0 aliphatic carbocycles. The largest absolute Gasteiger partial charge is 0.377 e. The van der Waals surface area contributed by atoms with Crippen molar-refractivity contribution in [2.75, 3.05) is 19.7 Å². The predicted molar refractivity (Wildman–Crippen MR) is 85.4 cm³/mol. The zero-order valence-corrected chi connectivity index (χ0v) is 14.0. The van der Waals surface area contributed by atoms with Crippen molar-refractivity contribution in [1.29, 1.82) is 5.26 Å². The van der Waals surface area contributed by atoms with Gasteiger partial charge in [-0.05, 0) is 25.0 Å². The van der Waals surface area contributed by atoms with Gasteiger partial charge in [-0.3, -0.25) is 0 Å². The van der Waals surface area contributed by atoms with Crippen LogP contribution in [0.5, 0.6) is 0 Å². The Hall–Kier alpha value is -1.60. The minimum Gasteiger partial charge on any atom is -0.377 e. The van der Waals surface area contributed by atoms with E-state index < -0.39 is 10.0 Å². The topological polar surface area (TPSA) is 96.2 Å². The third kappa shape index (κ3) is 3.35. The van der Waals surface area contributed by atoms with Crippen LogP contribution in [0.1, 0.15) is 19.3 Å². The van der Waals surface area contributed by atoms with Crippen molar-refractivity contribution >= 4 is 32.8 Å². The van der Waals surface area contributed by atoms with Crippen molar-refractivity contribution in [3.8, 4) is 6.07 Å². The summed E-state index contributed by atoms with van der Waals surface area (Å²) in [6.07, 6.45) is 1.79. The van der Waals surface area contributed by atoms with E-state index in [4.69, 9.17) is 10.00 Å². The molecule has 0 amide bonds. The second kappa shape index (κ2) is 6.88. The fourth-order valence-corrected chi connectivity index (χ4v) is 4.85. The van der Waals surface area contributed by atoms with Gasteiger partial charge in [0.2, 0.25) is 10.0 Å². The Kier molecular flexibility index (Phi) is 4.87. The van der Waals surface area contributed by atoms with Crippen molar-refractivity contribution in [2.24, 2.45) is 0 Å². The molecule has 0 unspecified atom stereocenters. The summed E-state index contributed by atoms with van der Waals surface area (Å²) in [7, 11) is -3.75. The molecule has 0 bridgehead atoms. The number of hydrogen-bond donors (Lipinski definition) is 0. The standard InChI is InChI=1S/C14H16N4O3S2/c15-7-3-8-18(10-11-4-2-9-21-11)23(19,20)13-6-1-5-12-14(13)17-22-16-12/h1,5-6,11H,2-4,8-10H2/t11-/m0/s1. The molecule has 9 heteroatoms. The van der Waals surface area contributed by atoms with Gasteiger partial charge < -0.3 is 4.74 Å². The average Bonchev–Trinajstić information content (AvgIpc) is 3.21. The van der Waals surface area contributed by atoms with E-state index in [1.807, 2.05) is 6.07 Å². The van der Waals surface area contributed by atoms with Crippen LogP contribution < -0.4 is 0 Å². The summed E-state index contributed by atoms with van der Waals surface area (Å²) in [4.78, 5) is 0.139. The number of hydrogen-bond acceptors (Lipinski definition) is 7. The van der Waals surface area contributed by atoms with Gasteiger partial charge in [0, 0.05) is 26.1 Å². The Balaban J connectivity index is 1.95. The molecule has 7 nitrogen and oxygen atoms in total. The molecule has 23 heavy (non-hydrogen) atoms. The number of sulfonamides is 1. The summed E-state index contributed by atoms with van der Waals surface area (Å²) in [5, 5.41) is 8.83. The lowest BCUT2D eigenvalue weighted by molar-refractivity contribution is 0.0941. The van der Waals surface area contributed by atoms with E-state index in [2.05, 4.69) is 8.75 Å². The van der Waals surface area contributed by atoms with Gasteiger partial charge in [0.25, 0.3) is 0 Å². The van der Waals surface area contributed by atoms with E-state index in [1.165, 1.54) is 10.4 Å². The van der Waals surface area contributed by atoms with Gasteiger partial charge in [-0.15, -0.1) is 0 Å². The van der Waals surface area contributed by atoms with E-state index in [-0.39, 0.29) is 30.5 Å². The monoisotopic (exact) mass is 352 g/mol. The molecule has 1 aliphatic rings. The van der Waals surface area contributed by atoms with Crippen LogP contribution in [-0.4, -0.2) is 47.3 Å². The van der Waals surface area contributed by atoms with E-state index in [0.29, 0.717) is 17.6 Å². The number of nitrogens with zero attached hydrogens (tertiary/aromatic N) is 4. The van der Waals surface area contributed by atoms with Crippen LogP contribution >= 0.6 is 11.7 Å². The maximum Gasteiger partial charge on any atom is 0.245 e. The van der Waals surface area contributed by atoms with Gasteiger partial charge in [0.05, 0.1) is 23.9 Å². The number of aromatic nitrogens is 2. The third-order valence-corrected chi connectivity index (χ3v) is 6.21. The Bertz CT molecular complexity index is 822. The van der Waals surface area contributed by atoms with Crippen molar-refractivity contribution < 1.29 is 13.2 Å². The average molecular weight is 352 g/mol. The first-order chi connectivity index (χ1) is 11.1. The minimum atomic E-state index is -3.75. The Morgan fingerprint density at radius 3 is 3.04 bits per heavy atom. The number of nitriles is 1. The minimum absolute atomic E-state index is 0.115. The lowest BCUT2D eigenvalue weighted by Gasteiger charge is -2.24. The summed E-state index contributed by atoms with van der Waals surface area (Å²) >= 11 is 0.986. The second-order valence-electron chi connectivity index (χ2n) is 5.29. The molecule has 1 saturated heterocycles. The van der Waals surface area contributed by atoms with Gasteiger partial charge in [-0.1, -0.05) is 6.07 Å². The van der Waals surface area contributed by atoms with E-state index in [0.717, 1.165) is 24.6 Å². The van der Waals surface area contributed by atoms with E-state index >= 15 is 0 Å². The van der Waals surface area contributed by atoms with Crippen LogP contribution in [0, 0.1) is 11.3 Å². The van der Waals surface area contributed by atoms with Crippen LogP contribution in [0.4, 0.5) is 0 Å². The summed E-state index contributed by atoms with van der Waals surface area (Å²) < 4.78 is 41.2. The SMILES string of the molecule is N#CCCN(C[C@@H]1CCCO1)S(=O)(=O)c1cccc2nsnc12. The van der Waals surface area contributed by atoms with E-state index in [1.54, 1.807) is 12.1 Å². The highest BCUT2D eigenvalue weighted by Crippen LogP contribution is 2.26. The van der Waals surface area contributed by atoms with Crippen molar-refractivity contribution in [3.63, 3.8) is 0 Å². The molecule has 0 N–H and O–H groups in total. The van der Waals surface area contributed by atoms with Crippen LogP contribution in [-0.2, 0) is 14.8 Å². The maximum atomic E-state index is 13.0. The van der Waals surface area contributed by atoms with Gasteiger partial charge in [-0.2, -0.15) is 18.3 Å². The molecule has 0 radical (unpaired) electrons. The highest BCUT2D eigenvalue weighted by atomic mass is 32.2. The van der Waals surface area contributed by atoms with Crippen molar-refractivity contribution in [3.05, 3.63) is 18.2 Å². The summed E-state index contributed by atoms with van der Waals surface area (Å²) in [6.45, 7) is 1.06. The molecule has 2 heterocycles. The van der Waals surface area contributed by atoms with Gasteiger partial charge in [0.15, 0.2) is 0 Å². The van der Waals surface area contributed by atoms with Gasteiger partial charge in [0.1, 0.15) is 15.9 Å². The molecule has 0 spiro atoms. The highest BCUT2D eigenvalue weighted by molar-refractivity contribution is 7.89. The fraction of sp³-hybridized carbons (Fsp3) is 0.500. The number of fused-ring (bicyclic) bond motifs is 1. The summed E-state index contributed by atoms with van der Waals surface area (Å²) in [5.41, 5.74) is 0.945. The first kappa shape index (κ1) is 16.3. The molecule has 0 saturated carbocycles. The van der Waals surface area contributed by atoms with Crippen molar-refractivity contribution in [1.82, 2.24) is 13.1 Å². The normalized spacial score (nSPS) is 18.5. The number of rotatable bonds is 6. The molecule has 1 aromatic carbocycles. The Labute approximate surface area is 138 Å². The molecule has 1 atom stereocenters. The summed E-state index contributed by atoms with van der Waals surface area (Å²) in [5.74, 6) is 0. The zero-order chi connectivity index (χ0) is 16.3. The molecule has 1 aliphatic heterocycles. The molecule has 1 aromatic heterocycles. The second-order valence-corrected chi connectivity index (χ2v) is 7.73. The third-order valence-electron chi connectivity index (χ3n) is 3.77. The Morgan fingerprint density at radius 1 is 1.43 bits per heavy atom. The van der Waals surface area contributed by atoms with Crippen LogP contribution in [0.2, 0.25) is 0 Å². The highest BCUT2D eigenvalue weighted by Gasteiger charge is 2.30. The van der Waals surface area contributed by atoms with Crippen molar-refractivity contribution in [2.45, 2.75) is 30.3 Å². The first-order valence-corrected chi connectivity index (χ1v) is 9.50. The first-order valence-electron chi connectivity index (χ1n) is 7.33. The van der Waals surface area contributed by atoms with E-state index in [9.17, 15) is 8.42 Å². The van der Waals surface area contributed by atoms with Crippen LogP contribution in [0.25, 0.3) is 11.0 Å². The predicted octanol–water partition coefficient (Wildman–Crippen LogP) is 1.77. The zero-order valence-electron chi connectivity index (χ0n) is 12.4. The molecular weight excluding hydrogens is 336 g/mol. The van der Waals surface area contributed by atoms with Crippen LogP contribution in [0.15, 0.2) is 23.1 Å². The fourth-order valence-electron chi connectivity index (χ4n) is 2.63. The summed E-state index contributed by atoms with van der Waals surface area (Å²) in [6, 6.07) is 6.93. The molecule has 1 fully saturated rings. The molecule has 2 aromatic rings. The molecule has 122 valence electrons. The lowest BCUT2D eigenvalue weighted by Crippen LogP contribution is -2.38. The quantitative estimate of drug-likeness (QED) is 0.786.